The van der Waals surface area contributed by atoms with Crippen molar-refractivity contribution in [3.8, 4) is 0 Å². The summed E-state index contributed by atoms with van der Waals surface area (Å²) >= 11 is 0. The van der Waals surface area contributed by atoms with E-state index in [0.717, 1.165) is 0 Å². The molecule has 1 N–H and O–H groups in total. The first-order valence-electron chi connectivity index (χ1n) is 5.43. The van der Waals surface area contributed by atoms with Crippen LogP contribution in [0.4, 0.5) is 0 Å². The largest absolute Gasteiger partial charge is 0.396 e. The Labute approximate surface area is 85.8 Å². The van der Waals surface area contributed by atoms with Crippen LogP contribution in [-0.4, -0.2) is 11.7 Å². The molecule has 2 unspecified atom stereocenters. The van der Waals surface area contributed by atoms with Crippen molar-refractivity contribution in [1.82, 2.24) is 0 Å². The van der Waals surface area contributed by atoms with E-state index in [-0.39, 0.29) is 0 Å². The molecule has 2 rings (SSSR count). The molecule has 76 valence electrons. The lowest BCUT2D eigenvalue weighted by Gasteiger charge is -2.19. The quantitative estimate of drug-likeness (QED) is 0.760. The first-order valence-corrected chi connectivity index (χ1v) is 5.43. The molecule has 0 saturated heterocycles. The molecule has 0 aliphatic heterocycles. The lowest BCUT2D eigenvalue weighted by atomic mass is 9.87. The Morgan fingerprint density at radius 3 is 3.00 bits per heavy atom. The summed E-state index contributed by atoms with van der Waals surface area (Å²) in [6, 6.07) is 6.55. The standard InChI is InChI=1S/C13H18O/c1-9-4-3-5-11-6-7-12(13(9)11)10(2)8-14/h3-5,10,12,14H,6-8H2,1-2H3. The van der Waals surface area contributed by atoms with E-state index in [9.17, 15) is 5.11 Å². The second-order valence-electron chi connectivity index (χ2n) is 4.45. The van der Waals surface area contributed by atoms with Crippen LogP contribution < -0.4 is 0 Å². The van der Waals surface area contributed by atoms with Gasteiger partial charge in [-0.2, -0.15) is 0 Å². The van der Waals surface area contributed by atoms with Gasteiger partial charge < -0.3 is 5.11 Å². The second kappa shape index (κ2) is 3.74. The minimum absolute atomic E-state index is 0.304. The van der Waals surface area contributed by atoms with Gasteiger partial charge in [0.25, 0.3) is 0 Å². The van der Waals surface area contributed by atoms with Crippen LogP contribution in [0, 0.1) is 12.8 Å². The lowest BCUT2D eigenvalue weighted by Crippen LogP contribution is -2.11. The predicted octanol–water partition coefficient (Wildman–Crippen LogP) is 2.65. The first-order chi connectivity index (χ1) is 6.74. The van der Waals surface area contributed by atoms with Crippen LogP contribution in [0.25, 0.3) is 0 Å². The summed E-state index contributed by atoms with van der Waals surface area (Å²) in [5, 5.41) is 9.21. The van der Waals surface area contributed by atoms with Crippen LogP contribution in [0.5, 0.6) is 0 Å². The normalized spacial score (nSPS) is 22.1. The summed E-state index contributed by atoms with van der Waals surface area (Å²) < 4.78 is 0. The molecule has 1 nitrogen and oxygen atoms in total. The summed E-state index contributed by atoms with van der Waals surface area (Å²) in [7, 11) is 0. The van der Waals surface area contributed by atoms with Crippen LogP contribution in [0.15, 0.2) is 18.2 Å². The predicted molar refractivity (Wildman–Crippen MR) is 58.5 cm³/mol. The molecule has 2 atom stereocenters. The maximum Gasteiger partial charge on any atom is 0.0462 e. The fraction of sp³-hybridized carbons (Fsp3) is 0.538. The number of benzene rings is 1. The van der Waals surface area contributed by atoms with Crippen LogP contribution in [0.2, 0.25) is 0 Å². The van der Waals surface area contributed by atoms with Crippen molar-refractivity contribution in [2.24, 2.45) is 5.92 Å². The van der Waals surface area contributed by atoms with Crippen molar-refractivity contribution in [3.63, 3.8) is 0 Å². The Hall–Kier alpha value is -0.820. The molecule has 0 heterocycles. The summed E-state index contributed by atoms with van der Waals surface area (Å²) in [6.07, 6.45) is 2.40. The van der Waals surface area contributed by atoms with Crippen molar-refractivity contribution >= 4 is 0 Å². The van der Waals surface area contributed by atoms with Gasteiger partial charge in [0.15, 0.2) is 0 Å². The zero-order valence-corrected chi connectivity index (χ0v) is 8.96. The molecule has 1 aliphatic rings. The Morgan fingerprint density at radius 1 is 1.50 bits per heavy atom. The SMILES string of the molecule is Cc1cccc2c1C(C(C)CO)CC2. The van der Waals surface area contributed by atoms with E-state index in [0.29, 0.717) is 18.4 Å². The Morgan fingerprint density at radius 2 is 2.29 bits per heavy atom. The van der Waals surface area contributed by atoms with E-state index in [1.807, 2.05) is 0 Å². The van der Waals surface area contributed by atoms with Gasteiger partial charge in [-0.3, -0.25) is 0 Å². The third-order valence-electron chi connectivity index (χ3n) is 3.48. The summed E-state index contributed by atoms with van der Waals surface area (Å²) in [5.74, 6) is 0.980. The molecule has 1 aliphatic carbocycles. The first kappa shape index (κ1) is 9.72. The van der Waals surface area contributed by atoms with Gasteiger partial charge in [0.05, 0.1) is 0 Å². The highest BCUT2D eigenvalue weighted by Crippen LogP contribution is 2.39. The highest BCUT2D eigenvalue weighted by Gasteiger charge is 2.27. The molecule has 0 spiro atoms. The van der Waals surface area contributed by atoms with Gasteiger partial charge in [-0.05, 0) is 48.3 Å². The van der Waals surface area contributed by atoms with E-state index < -0.39 is 0 Å². The number of aryl methyl sites for hydroxylation is 2. The highest BCUT2D eigenvalue weighted by atomic mass is 16.3. The third-order valence-corrected chi connectivity index (χ3v) is 3.48. The Balaban J connectivity index is 2.38. The Bertz CT molecular complexity index is 330. The van der Waals surface area contributed by atoms with Crippen LogP contribution in [0.1, 0.15) is 36.0 Å². The van der Waals surface area contributed by atoms with Crippen LogP contribution in [-0.2, 0) is 6.42 Å². The van der Waals surface area contributed by atoms with Gasteiger partial charge in [-0.25, -0.2) is 0 Å². The maximum absolute atomic E-state index is 9.21. The topological polar surface area (TPSA) is 20.2 Å². The zero-order valence-electron chi connectivity index (χ0n) is 8.96. The van der Waals surface area contributed by atoms with Gasteiger partial charge in [0.2, 0.25) is 0 Å². The summed E-state index contributed by atoms with van der Waals surface area (Å²) in [5.41, 5.74) is 4.40. The van der Waals surface area contributed by atoms with Crippen molar-refractivity contribution in [2.45, 2.75) is 32.6 Å². The average molecular weight is 190 g/mol. The monoisotopic (exact) mass is 190 g/mol. The van der Waals surface area contributed by atoms with E-state index in [2.05, 4.69) is 32.0 Å². The minimum Gasteiger partial charge on any atom is -0.396 e. The number of hydrogen-bond acceptors (Lipinski definition) is 1. The van der Waals surface area contributed by atoms with Crippen molar-refractivity contribution < 1.29 is 5.11 Å². The molecule has 1 aromatic rings. The van der Waals surface area contributed by atoms with E-state index in [1.54, 1.807) is 0 Å². The van der Waals surface area contributed by atoms with Crippen molar-refractivity contribution in [2.75, 3.05) is 6.61 Å². The number of aliphatic hydroxyl groups excluding tert-OH is 1. The number of fused-ring (bicyclic) bond motifs is 1. The van der Waals surface area contributed by atoms with Crippen LogP contribution >= 0.6 is 0 Å². The van der Waals surface area contributed by atoms with Crippen LogP contribution in [0.3, 0.4) is 0 Å². The smallest absolute Gasteiger partial charge is 0.0462 e. The number of hydrogen-bond donors (Lipinski definition) is 1. The molecule has 1 heteroatoms. The molecule has 0 amide bonds. The molecule has 1 aromatic carbocycles. The average Bonchev–Trinajstić information content (AvgIpc) is 2.62. The molecular formula is C13H18O. The lowest BCUT2D eigenvalue weighted by molar-refractivity contribution is 0.215. The van der Waals surface area contributed by atoms with Gasteiger partial charge in [-0.1, -0.05) is 25.1 Å². The number of rotatable bonds is 2. The number of aliphatic hydroxyl groups is 1. The molecule has 14 heavy (non-hydrogen) atoms. The van der Waals surface area contributed by atoms with Crippen molar-refractivity contribution in [1.29, 1.82) is 0 Å². The maximum atomic E-state index is 9.21. The minimum atomic E-state index is 0.304. The summed E-state index contributed by atoms with van der Waals surface area (Å²) in [6.45, 7) is 4.63. The Kier molecular flexibility index (Phi) is 2.60. The fourth-order valence-electron chi connectivity index (χ4n) is 2.64. The van der Waals surface area contributed by atoms with Gasteiger partial charge in [0.1, 0.15) is 0 Å². The van der Waals surface area contributed by atoms with Gasteiger partial charge in [-0.15, -0.1) is 0 Å². The molecule has 0 bridgehead atoms. The second-order valence-corrected chi connectivity index (χ2v) is 4.45. The fourth-order valence-corrected chi connectivity index (χ4v) is 2.64. The van der Waals surface area contributed by atoms with Crippen molar-refractivity contribution in [3.05, 3.63) is 34.9 Å². The zero-order chi connectivity index (χ0) is 10.1. The molecule has 0 fully saturated rings. The van der Waals surface area contributed by atoms with Gasteiger partial charge >= 0.3 is 0 Å². The highest BCUT2D eigenvalue weighted by molar-refractivity contribution is 5.41. The summed E-state index contributed by atoms with van der Waals surface area (Å²) in [4.78, 5) is 0. The molecule has 0 radical (unpaired) electrons. The van der Waals surface area contributed by atoms with E-state index in [1.165, 1.54) is 29.5 Å². The molecular weight excluding hydrogens is 172 g/mol. The third kappa shape index (κ3) is 1.46. The van der Waals surface area contributed by atoms with Gasteiger partial charge in [0, 0.05) is 6.61 Å². The molecule has 0 aromatic heterocycles. The van der Waals surface area contributed by atoms with E-state index in [4.69, 9.17) is 0 Å². The molecule has 0 saturated carbocycles. The van der Waals surface area contributed by atoms with E-state index >= 15 is 0 Å².